The lowest BCUT2D eigenvalue weighted by molar-refractivity contribution is -0.132. The van der Waals surface area contributed by atoms with Crippen LogP contribution in [-0.4, -0.2) is 49.7 Å². The van der Waals surface area contributed by atoms with Gasteiger partial charge in [0, 0.05) is 37.1 Å². The molecule has 0 bridgehead atoms. The van der Waals surface area contributed by atoms with Gasteiger partial charge in [0.15, 0.2) is 0 Å². The fourth-order valence-electron chi connectivity index (χ4n) is 2.84. The van der Waals surface area contributed by atoms with Crippen LogP contribution in [-0.2, 0) is 21.2 Å². The van der Waals surface area contributed by atoms with E-state index in [1.807, 2.05) is 24.3 Å². The Hall–Kier alpha value is -0.930. The monoisotopic (exact) mass is 476 g/mol. The second kappa shape index (κ2) is 8.39. The fraction of sp³-hybridized carbons (Fsp3) is 0.353. The van der Waals surface area contributed by atoms with Gasteiger partial charge in [0.05, 0.1) is 4.34 Å². The van der Waals surface area contributed by atoms with E-state index >= 15 is 0 Å². The first-order valence-electron chi connectivity index (χ1n) is 8.14. The van der Waals surface area contributed by atoms with Crippen LogP contribution < -0.4 is 0 Å². The van der Waals surface area contributed by atoms with Crippen molar-refractivity contribution in [2.45, 2.75) is 17.1 Å². The third-order valence-electron chi connectivity index (χ3n) is 4.30. The first kappa shape index (κ1) is 19.8. The molecule has 0 spiro atoms. The zero-order chi connectivity index (χ0) is 18.7. The zero-order valence-corrected chi connectivity index (χ0v) is 17.9. The number of carbonyl (C=O) groups is 1. The molecule has 3 rings (SSSR count). The highest BCUT2D eigenvalue weighted by molar-refractivity contribution is 9.10. The van der Waals surface area contributed by atoms with Crippen molar-refractivity contribution in [1.29, 1.82) is 0 Å². The molecule has 1 aliphatic rings. The molecule has 2 aromatic rings. The van der Waals surface area contributed by atoms with Gasteiger partial charge in [-0.3, -0.25) is 4.79 Å². The van der Waals surface area contributed by atoms with E-state index in [0.717, 1.165) is 21.4 Å². The highest BCUT2D eigenvalue weighted by atomic mass is 79.9. The summed E-state index contributed by atoms with van der Waals surface area (Å²) in [5.74, 6) is 0.0527. The largest absolute Gasteiger partial charge is 0.340 e. The Morgan fingerprint density at radius 3 is 2.42 bits per heavy atom. The maximum atomic E-state index is 12.6. The third kappa shape index (κ3) is 4.48. The van der Waals surface area contributed by atoms with E-state index in [9.17, 15) is 13.2 Å². The highest BCUT2D eigenvalue weighted by Gasteiger charge is 2.30. The smallest absolute Gasteiger partial charge is 0.252 e. The number of benzene rings is 1. The Bertz CT molecular complexity index is 893. The quantitative estimate of drug-likeness (QED) is 0.661. The van der Waals surface area contributed by atoms with Crippen molar-refractivity contribution >= 4 is 54.8 Å². The van der Waals surface area contributed by atoms with E-state index in [1.54, 1.807) is 11.0 Å². The van der Waals surface area contributed by atoms with E-state index in [1.165, 1.54) is 10.4 Å². The van der Waals surface area contributed by atoms with Crippen LogP contribution in [0.1, 0.15) is 12.0 Å². The molecule has 1 aromatic carbocycles. The standard InChI is InChI=1S/C17H18BrClN2O3S2/c18-14-4-2-1-3-13(14)5-7-16(22)20-9-11-21(12-10-20)26(23,24)17-8-6-15(19)25-17/h1-4,6,8H,5,7,9-12H2. The minimum Gasteiger partial charge on any atom is -0.340 e. The number of amides is 1. The molecule has 0 unspecified atom stereocenters. The first-order valence-corrected chi connectivity index (χ1v) is 11.6. The fourth-order valence-corrected chi connectivity index (χ4v) is 6.38. The minimum absolute atomic E-state index is 0.0527. The number of piperazine rings is 1. The topological polar surface area (TPSA) is 57.7 Å². The van der Waals surface area contributed by atoms with Crippen LogP contribution in [0.5, 0.6) is 0 Å². The van der Waals surface area contributed by atoms with Crippen molar-refractivity contribution in [1.82, 2.24) is 9.21 Å². The Kier molecular flexibility index (Phi) is 6.40. The van der Waals surface area contributed by atoms with Gasteiger partial charge in [0.1, 0.15) is 4.21 Å². The molecule has 1 fully saturated rings. The molecule has 1 amide bonds. The van der Waals surface area contributed by atoms with Gasteiger partial charge in [-0.15, -0.1) is 11.3 Å². The maximum absolute atomic E-state index is 12.6. The summed E-state index contributed by atoms with van der Waals surface area (Å²) in [7, 11) is -3.53. The third-order valence-corrected chi connectivity index (χ3v) is 8.67. The molecule has 140 valence electrons. The minimum atomic E-state index is -3.53. The van der Waals surface area contributed by atoms with Gasteiger partial charge < -0.3 is 4.90 Å². The number of nitrogens with zero attached hydrogens (tertiary/aromatic N) is 2. The molecule has 1 saturated heterocycles. The second-order valence-electron chi connectivity index (χ2n) is 5.93. The Labute approximate surface area is 170 Å². The van der Waals surface area contributed by atoms with E-state index in [0.29, 0.717) is 43.4 Å². The summed E-state index contributed by atoms with van der Waals surface area (Å²) >= 11 is 10.4. The van der Waals surface area contributed by atoms with Gasteiger partial charge in [-0.05, 0) is 30.2 Å². The van der Waals surface area contributed by atoms with Crippen molar-refractivity contribution in [3.05, 3.63) is 50.8 Å². The van der Waals surface area contributed by atoms with E-state index in [2.05, 4.69) is 15.9 Å². The van der Waals surface area contributed by atoms with Gasteiger partial charge in [0.25, 0.3) is 10.0 Å². The van der Waals surface area contributed by atoms with Crippen molar-refractivity contribution < 1.29 is 13.2 Å². The number of sulfonamides is 1. The lowest BCUT2D eigenvalue weighted by atomic mass is 10.1. The summed E-state index contributed by atoms with van der Waals surface area (Å²) in [5, 5.41) is 0. The number of hydrogen-bond donors (Lipinski definition) is 0. The van der Waals surface area contributed by atoms with Crippen LogP contribution in [0.4, 0.5) is 0 Å². The van der Waals surface area contributed by atoms with Crippen LogP contribution in [0, 0.1) is 0 Å². The number of carbonyl (C=O) groups excluding carboxylic acids is 1. The van der Waals surface area contributed by atoms with Crippen molar-refractivity contribution in [3.63, 3.8) is 0 Å². The number of halogens is 2. The van der Waals surface area contributed by atoms with Crippen LogP contribution in [0.3, 0.4) is 0 Å². The van der Waals surface area contributed by atoms with E-state index < -0.39 is 10.0 Å². The second-order valence-corrected chi connectivity index (χ2v) is 10.7. The lowest BCUT2D eigenvalue weighted by Gasteiger charge is -2.33. The predicted molar refractivity (Wildman–Crippen MR) is 107 cm³/mol. The van der Waals surface area contributed by atoms with Crippen molar-refractivity contribution in [2.24, 2.45) is 0 Å². The molecule has 0 radical (unpaired) electrons. The highest BCUT2D eigenvalue weighted by Crippen LogP contribution is 2.28. The number of thiophene rings is 1. The van der Waals surface area contributed by atoms with Gasteiger partial charge in [-0.1, -0.05) is 45.7 Å². The average Bonchev–Trinajstić information content (AvgIpc) is 3.08. The predicted octanol–water partition coefficient (Wildman–Crippen LogP) is 3.63. The molecule has 1 aromatic heterocycles. The molecule has 9 heteroatoms. The molecular weight excluding hydrogens is 460 g/mol. The molecule has 0 atom stereocenters. The summed E-state index contributed by atoms with van der Waals surface area (Å²) in [6.07, 6.45) is 1.07. The summed E-state index contributed by atoms with van der Waals surface area (Å²) in [6, 6.07) is 11.0. The van der Waals surface area contributed by atoms with Gasteiger partial charge >= 0.3 is 0 Å². The van der Waals surface area contributed by atoms with Gasteiger partial charge in [-0.25, -0.2) is 8.42 Å². The van der Waals surface area contributed by atoms with E-state index in [-0.39, 0.29) is 10.1 Å². The Morgan fingerprint density at radius 2 is 1.81 bits per heavy atom. The SMILES string of the molecule is O=C(CCc1ccccc1Br)N1CCN(S(=O)(=O)c2ccc(Cl)s2)CC1. The van der Waals surface area contributed by atoms with Gasteiger partial charge in [0.2, 0.25) is 5.91 Å². The Morgan fingerprint density at radius 1 is 1.12 bits per heavy atom. The molecular formula is C17H18BrClN2O3S2. The molecule has 2 heterocycles. The van der Waals surface area contributed by atoms with Crippen LogP contribution in [0.25, 0.3) is 0 Å². The van der Waals surface area contributed by atoms with Crippen LogP contribution in [0.15, 0.2) is 45.1 Å². The molecule has 0 N–H and O–H groups in total. The summed E-state index contributed by atoms with van der Waals surface area (Å²) in [5.41, 5.74) is 1.09. The maximum Gasteiger partial charge on any atom is 0.252 e. The molecule has 5 nitrogen and oxygen atoms in total. The first-order chi connectivity index (χ1) is 12.4. The number of rotatable bonds is 5. The van der Waals surface area contributed by atoms with E-state index in [4.69, 9.17) is 11.6 Å². The Balaban J connectivity index is 1.55. The summed E-state index contributed by atoms with van der Waals surface area (Å²) < 4.78 is 28.3. The van der Waals surface area contributed by atoms with Crippen LogP contribution >= 0.6 is 38.9 Å². The molecule has 0 saturated carbocycles. The summed E-state index contributed by atoms with van der Waals surface area (Å²) in [6.45, 7) is 1.43. The molecule has 26 heavy (non-hydrogen) atoms. The molecule has 1 aliphatic heterocycles. The van der Waals surface area contributed by atoms with Crippen molar-refractivity contribution in [2.75, 3.05) is 26.2 Å². The summed E-state index contributed by atoms with van der Waals surface area (Å²) in [4.78, 5) is 14.2. The van der Waals surface area contributed by atoms with Crippen molar-refractivity contribution in [3.8, 4) is 0 Å². The normalized spacial score (nSPS) is 16.0. The van der Waals surface area contributed by atoms with Crippen LogP contribution in [0.2, 0.25) is 4.34 Å². The molecule has 0 aliphatic carbocycles. The zero-order valence-electron chi connectivity index (χ0n) is 13.9. The van der Waals surface area contributed by atoms with Gasteiger partial charge in [-0.2, -0.15) is 4.31 Å². The lowest BCUT2D eigenvalue weighted by Crippen LogP contribution is -2.50. The number of hydrogen-bond acceptors (Lipinski definition) is 4. The number of aryl methyl sites for hydroxylation is 1. The average molecular weight is 478 g/mol.